The standard InChI is InChI=1S/C7H6ClFN4O/c1-3-4(9)5(8)13-6(10-3)11-7(12-13)14-2/h1-2H3. The average Bonchev–Trinajstić information content (AvgIpc) is 2.57. The first-order chi connectivity index (χ1) is 6.63. The van der Waals surface area contributed by atoms with Crippen LogP contribution in [0.15, 0.2) is 0 Å². The zero-order chi connectivity index (χ0) is 10.3. The molecule has 0 bridgehead atoms. The third kappa shape index (κ3) is 1.19. The first kappa shape index (κ1) is 9.14. The van der Waals surface area contributed by atoms with Gasteiger partial charge in [0, 0.05) is 0 Å². The van der Waals surface area contributed by atoms with Crippen molar-refractivity contribution in [2.45, 2.75) is 6.92 Å². The Balaban J connectivity index is 2.81. The van der Waals surface area contributed by atoms with Crippen molar-refractivity contribution in [2.75, 3.05) is 7.11 Å². The molecule has 2 aromatic rings. The van der Waals surface area contributed by atoms with Crippen LogP contribution in [0.2, 0.25) is 5.15 Å². The molecule has 0 atom stereocenters. The van der Waals surface area contributed by atoms with Gasteiger partial charge >= 0.3 is 6.01 Å². The summed E-state index contributed by atoms with van der Waals surface area (Å²) in [6.07, 6.45) is 0. The first-order valence-corrected chi connectivity index (χ1v) is 4.13. The molecule has 7 heteroatoms. The van der Waals surface area contributed by atoms with Crippen molar-refractivity contribution >= 4 is 17.4 Å². The van der Waals surface area contributed by atoms with Gasteiger partial charge in [0.1, 0.15) is 0 Å². The summed E-state index contributed by atoms with van der Waals surface area (Å²) in [4.78, 5) is 7.72. The molecule has 0 unspecified atom stereocenters. The number of methoxy groups -OCH3 is 1. The van der Waals surface area contributed by atoms with Crippen molar-refractivity contribution in [3.05, 3.63) is 16.7 Å². The molecule has 2 heterocycles. The maximum Gasteiger partial charge on any atom is 0.337 e. The highest BCUT2D eigenvalue weighted by atomic mass is 35.5. The average molecular weight is 217 g/mol. The van der Waals surface area contributed by atoms with Crippen LogP contribution >= 0.6 is 11.6 Å². The highest BCUT2D eigenvalue weighted by Crippen LogP contribution is 2.18. The topological polar surface area (TPSA) is 52.3 Å². The van der Waals surface area contributed by atoms with Crippen LogP contribution in [0.4, 0.5) is 4.39 Å². The Morgan fingerprint density at radius 1 is 1.43 bits per heavy atom. The number of fused-ring (bicyclic) bond motifs is 1. The third-order valence-electron chi connectivity index (χ3n) is 1.71. The number of hydrogen-bond donors (Lipinski definition) is 0. The summed E-state index contributed by atoms with van der Waals surface area (Å²) in [7, 11) is 1.41. The van der Waals surface area contributed by atoms with E-state index in [0.717, 1.165) is 4.52 Å². The lowest BCUT2D eigenvalue weighted by atomic mass is 10.4. The molecule has 0 radical (unpaired) electrons. The molecule has 0 spiro atoms. The van der Waals surface area contributed by atoms with Crippen LogP contribution in [-0.4, -0.2) is 26.7 Å². The summed E-state index contributed by atoms with van der Waals surface area (Å²) in [5.74, 6) is -0.391. The highest BCUT2D eigenvalue weighted by Gasteiger charge is 2.14. The number of nitrogens with zero attached hydrogens (tertiary/aromatic N) is 4. The largest absolute Gasteiger partial charge is 0.466 e. The predicted molar refractivity (Wildman–Crippen MR) is 47.0 cm³/mol. The van der Waals surface area contributed by atoms with Gasteiger partial charge in [0.15, 0.2) is 11.0 Å². The molecule has 0 fully saturated rings. The van der Waals surface area contributed by atoms with Crippen LogP contribution in [0.1, 0.15) is 5.69 Å². The Kier molecular flexibility index (Phi) is 1.99. The van der Waals surface area contributed by atoms with Crippen molar-refractivity contribution in [3.63, 3.8) is 0 Å². The Morgan fingerprint density at radius 3 is 2.79 bits per heavy atom. The van der Waals surface area contributed by atoms with Gasteiger partial charge in [-0.3, -0.25) is 0 Å². The second-order valence-electron chi connectivity index (χ2n) is 2.61. The number of aryl methyl sites for hydroxylation is 1. The van der Waals surface area contributed by atoms with E-state index in [2.05, 4.69) is 15.1 Å². The maximum atomic E-state index is 13.3. The van der Waals surface area contributed by atoms with Crippen LogP contribution in [0.3, 0.4) is 0 Å². The lowest BCUT2D eigenvalue weighted by Crippen LogP contribution is -1.99. The molecule has 0 aliphatic carbocycles. The van der Waals surface area contributed by atoms with Crippen molar-refractivity contribution < 1.29 is 9.13 Å². The number of ether oxygens (including phenoxy) is 1. The molecule has 74 valence electrons. The van der Waals surface area contributed by atoms with Gasteiger partial charge in [0.25, 0.3) is 5.78 Å². The fourth-order valence-corrected chi connectivity index (χ4v) is 1.27. The van der Waals surface area contributed by atoms with E-state index in [9.17, 15) is 4.39 Å². The van der Waals surface area contributed by atoms with Crippen LogP contribution in [-0.2, 0) is 0 Å². The summed E-state index contributed by atoms with van der Waals surface area (Å²) in [5.41, 5.74) is 0.178. The number of aromatic nitrogens is 4. The first-order valence-electron chi connectivity index (χ1n) is 3.76. The summed E-state index contributed by atoms with van der Waals surface area (Å²) < 4.78 is 19.1. The number of hydrogen-bond acceptors (Lipinski definition) is 4. The van der Waals surface area contributed by atoms with E-state index < -0.39 is 5.82 Å². The second kappa shape index (κ2) is 3.06. The molecular weight excluding hydrogens is 211 g/mol. The molecule has 5 nitrogen and oxygen atoms in total. The summed E-state index contributed by atoms with van der Waals surface area (Å²) in [6.45, 7) is 1.50. The zero-order valence-corrected chi connectivity index (χ0v) is 8.21. The van der Waals surface area contributed by atoms with E-state index in [0.29, 0.717) is 0 Å². The van der Waals surface area contributed by atoms with Crippen molar-refractivity contribution in [1.82, 2.24) is 19.6 Å². The lowest BCUT2D eigenvalue weighted by molar-refractivity contribution is 0.380. The minimum absolute atomic E-state index is 0.101. The molecular formula is C7H6ClFN4O. The number of halogens is 2. The quantitative estimate of drug-likeness (QED) is 0.673. The van der Waals surface area contributed by atoms with Crippen LogP contribution in [0.25, 0.3) is 5.78 Å². The Bertz CT molecular complexity index is 498. The molecule has 0 amide bonds. The van der Waals surface area contributed by atoms with Crippen LogP contribution in [0, 0.1) is 12.7 Å². The zero-order valence-electron chi connectivity index (χ0n) is 7.45. The Hall–Kier alpha value is -1.43. The van der Waals surface area contributed by atoms with E-state index in [1.807, 2.05) is 0 Å². The lowest BCUT2D eigenvalue weighted by Gasteiger charge is -1.98. The van der Waals surface area contributed by atoms with Gasteiger partial charge < -0.3 is 4.74 Å². The van der Waals surface area contributed by atoms with Gasteiger partial charge in [-0.25, -0.2) is 9.37 Å². The van der Waals surface area contributed by atoms with Crippen LogP contribution in [0.5, 0.6) is 6.01 Å². The van der Waals surface area contributed by atoms with Gasteiger partial charge in [0.05, 0.1) is 12.8 Å². The normalized spacial score (nSPS) is 10.9. The fourth-order valence-electron chi connectivity index (χ4n) is 1.02. The minimum Gasteiger partial charge on any atom is -0.466 e. The van der Waals surface area contributed by atoms with Gasteiger partial charge in [-0.1, -0.05) is 11.6 Å². The van der Waals surface area contributed by atoms with Gasteiger partial charge in [-0.2, -0.15) is 9.50 Å². The molecule has 2 aromatic heterocycles. The molecule has 0 saturated heterocycles. The number of rotatable bonds is 1. The maximum absolute atomic E-state index is 13.3. The van der Waals surface area contributed by atoms with E-state index >= 15 is 0 Å². The molecule has 0 aliphatic rings. The minimum atomic E-state index is -0.605. The molecule has 0 saturated carbocycles. The predicted octanol–water partition coefficient (Wildman–Crippen LogP) is 1.23. The fraction of sp³-hybridized carbons (Fsp3) is 0.286. The van der Waals surface area contributed by atoms with E-state index in [1.54, 1.807) is 0 Å². The van der Waals surface area contributed by atoms with Crippen LogP contribution < -0.4 is 4.74 Å². The molecule has 14 heavy (non-hydrogen) atoms. The molecule has 0 aliphatic heterocycles. The highest BCUT2D eigenvalue weighted by molar-refractivity contribution is 6.29. The van der Waals surface area contributed by atoms with Gasteiger partial charge in [0.2, 0.25) is 0 Å². The van der Waals surface area contributed by atoms with E-state index in [4.69, 9.17) is 16.3 Å². The second-order valence-corrected chi connectivity index (χ2v) is 2.97. The smallest absolute Gasteiger partial charge is 0.337 e. The van der Waals surface area contributed by atoms with Crippen molar-refractivity contribution in [3.8, 4) is 6.01 Å². The molecule has 2 rings (SSSR count). The van der Waals surface area contributed by atoms with Gasteiger partial charge in [-0.05, 0) is 6.92 Å². The van der Waals surface area contributed by atoms with Crippen molar-refractivity contribution in [1.29, 1.82) is 0 Å². The Labute approximate surface area is 83.5 Å². The SMILES string of the molecule is COc1nc2nc(C)c(F)c(Cl)n2n1. The Morgan fingerprint density at radius 2 is 2.14 bits per heavy atom. The van der Waals surface area contributed by atoms with Crippen molar-refractivity contribution in [2.24, 2.45) is 0 Å². The summed E-state index contributed by atoms with van der Waals surface area (Å²) >= 11 is 5.69. The van der Waals surface area contributed by atoms with E-state index in [1.165, 1.54) is 14.0 Å². The summed E-state index contributed by atoms with van der Waals surface area (Å²) in [6, 6.07) is 0.101. The van der Waals surface area contributed by atoms with Gasteiger partial charge in [-0.15, -0.1) is 5.10 Å². The summed E-state index contributed by atoms with van der Waals surface area (Å²) in [5, 5.41) is 3.63. The molecule has 0 N–H and O–H groups in total. The monoisotopic (exact) mass is 216 g/mol. The molecule has 0 aromatic carbocycles. The third-order valence-corrected chi connectivity index (χ3v) is 2.03. The van der Waals surface area contributed by atoms with E-state index in [-0.39, 0.29) is 22.6 Å².